The average molecular weight is 360 g/mol. The lowest BCUT2D eigenvalue weighted by Gasteiger charge is -2.09. The van der Waals surface area contributed by atoms with E-state index in [9.17, 15) is 9.59 Å². The summed E-state index contributed by atoms with van der Waals surface area (Å²) in [5.74, 6) is -0.404. The highest BCUT2D eigenvalue weighted by Crippen LogP contribution is 2.24. The normalized spacial score (nSPS) is 16.0. The first-order valence-electron chi connectivity index (χ1n) is 6.74. The van der Waals surface area contributed by atoms with Gasteiger partial charge in [-0.05, 0) is 55.8 Å². The number of hydrogen-bond acceptors (Lipinski definition) is 2. The quantitative estimate of drug-likeness (QED) is 0.639. The van der Waals surface area contributed by atoms with E-state index in [2.05, 4.69) is 31.1 Å². The van der Waals surface area contributed by atoms with Crippen molar-refractivity contribution in [3.8, 4) is 5.69 Å². The van der Waals surface area contributed by atoms with Gasteiger partial charge in [0.25, 0.3) is 5.91 Å². The fraction of sp³-hybridized carbons (Fsp3) is 0.125. The minimum atomic E-state index is -0.488. The third-order valence-corrected chi connectivity index (χ3v) is 4.10. The lowest BCUT2D eigenvalue weighted by molar-refractivity contribution is -0.115. The third kappa shape index (κ3) is 2.57. The maximum absolute atomic E-state index is 11.6. The first-order chi connectivity index (χ1) is 10.5. The number of carbonyl (C=O) groups is 2. The van der Waals surface area contributed by atoms with E-state index in [1.165, 1.54) is 0 Å². The molecular formula is C16H14BrN3O2. The third-order valence-electron chi connectivity index (χ3n) is 3.57. The number of halogens is 1. The van der Waals surface area contributed by atoms with E-state index >= 15 is 0 Å². The fourth-order valence-corrected chi connectivity index (χ4v) is 2.82. The van der Waals surface area contributed by atoms with Crippen molar-refractivity contribution < 1.29 is 9.59 Å². The first-order valence-corrected chi connectivity index (χ1v) is 7.54. The number of rotatable bonds is 2. The molecule has 3 rings (SSSR count). The highest BCUT2D eigenvalue weighted by atomic mass is 79.9. The zero-order valence-corrected chi connectivity index (χ0v) is 13.7. The zero-order valence-electron chi connectivity index (χ0n) is 12.1. The van der Waals surface area contributed by atoms with Crippen molar-refractivity contribution in [2.45, 2.75) is 13.8 Å². The number of benzene rings is 1. The highest BCUT2D eigenvalue weighted by Gasteiger charge is 2.23. The van der Waals surface area contributed by atoms with Crippen LogP contribution in [0.5, 0.6) is 0 Å². The molecule has 1 aromatic carbocycles. The van der Waals surface area contributed by atoms with Gasteiger partial charge < -0.3 is 9.88 Å². The summed E-state index contributed by atoms with van der Waals surface area (Å²) < 4.78 is 3.12. The van der Waals surface area contributed by atoms with E-state index in [-0.39, 0.29) is 5.70 Å². The number of nitrogens with one attached hydrogen (secondary N) is 2. The standard InChI is InChI=1S/C16H14BrN3O2/c1-9-7-11(8-14-15(21)19-16(22)18-14)10(2)20(9)13-5-3-12(17)4-6-13/h3-8H,1-2H3,(H2,18,19,21,22). The van der Waals surface area contributed by atoms with Gasteiger partial charge in [-0.25, -0.2) is 4.79 Å². The molecule has 22 heavy (non-hydrogen) atoms. The van der Waals surface area contributed by atoms with Crippen LogP contribution in [0.15, 0.2) is 40.5 Å². The molecule has 0 saturated carbocycles. The van der Waals surface area contributed by atoms with Crippen molar-refractivity contribution in [1.82, 2.24) is 15.2 Å². The maximum Gasteiger partial charge on any atom is 0.326 e. The van der Waals surface area contributed by atoms with Gasteiger partial charge in [-0.3, -0.25) is 10.1 Å². The van der Waals surface area contributed by atoms with E-state index in [0.717, 1.165) is 27.1 Å². The summed E-state index contributed by atoms with van der Waals surface area (Å²) in [6, 6.07) is 9.50. The van der Waals surface area contributed by atoms with Crippen molar-refractivity contribution in [1.29, 1.82) is 0 Å². The Bertz CT molecular complexity index is 804. The van der Waals surface area contributed by atoms with Gasteiger partial charge in [0.1, 0.15) is 5.70 Å². The Morgan fingerprint density at radius 1 is 1.09 bits per heavy atom. The summed E-state index contributed by atoms with van der Waals surface area (Å²) in [6.07, 6.45) is 1.69. The van der Waals surface area contributed by atoms with E-state index in [1.54, 1.807) is 6.08 Å². The Morgan fingerprint density at radius 3 is 2.36 bits per heavy atom. The van der Waals surface area contributed by atoms with Crippen LogP contribution in [0.3, 0.4) is 0 Å². The van der Waals surface area contributed by atoms with Crippen LogP contribution in [0.2, 0.25) is 0 Å². The fourth-order valence-electron chi connectivity index (χ4n) is 2.56. The summed E-state index contributed by atoms with van der Waals surface area (Å²) in [7, 11) is 0. The molecule has 3 amide bonds. The van der Waals surface area contributed by atoms with Crippen LogP contribution in [0, 0.1) is 13.8 Å². The molecule has 0 atom stereocenters. The summed E-state index contributed by atoms with van der Waals surface area (Å²) in [5.41, 5.74) is 4.26. The number of nitrogens with zero attached hydrogens (tertiary/aromatic N) is 1. The van der Waals surface area contributed by atoms with Gasteiger partial charge in [0.2, 0.25) is 0 Å². The van der Waals surface area contributed by atoms with Gasteiger partial charge in [-0.2, -0.15) is 0 Å². The lowest BCUT2D eigenvalue weighted by Crippen LogP contribution is -2.22. The van der Waals surface area contributed by atoms with Crippen LogP contribution in [-0.4, -0.2) is 16.5 Å². The van der Waals surface area contributed by atoms with Crippen molar-refractivity contribution in [3.05, 3.63) is 57.5 Å². The van der Waals surface area contributed by atoms with Gasteiger partial charge in [0.15, 0.2) is 0 Å². The largest absolute Gasteiger partial charge is 0.326 e. The minimum absolute atomic E-state index is 0.265. The number of imide groups is 1. The molecule has 0 radical (unpaired) electrons. The Labute approximate surface area is 136 Å². The molecular weight excluding hydrogens is 346 g/mol. The van der Waals surface area contributed by atoms with Gasteiger partial charge >= 0.3 is 6.03 Å². The van der Waals surface area contributed by atoms with Crippen LogP contribution in [-0.2, 0) is 4.79 Å². The van der Waals surface area contributed by atoms with E-state index in [4.69, 9.17) is 0 Å². The van der Waals surface area contributed by atoms with Gasteiger partial charge in [0.05, 0.1) is 0 Å². The van der Waals surface area contributed by atoms with Crippen molar-refractivity contribution in [2.24, 2.45) is 0 Å². The molecule has 6 heteroatoms. The SMILES string of the molecule is Cc1cc(C=C2NC(=O)NC2=O)c(C)n1-c1ccc(Br)cc1. The Balaban J connectivity index is 2.04. The second-order valence-corrected chi connectivity index (χ2v) is 6.02. The molecule has 0 bridgehead atoms. The Hall–Kier alpha value is -2.34. The predicted molar refractivity (Wildman–Crippen MR) is 87.6 cm³/mol. The van der Waals surface area contributed by atoms with Crippen molar-refractivity contribution in [2.75, 3.05) is 0 Å². The lowest BCUT2D eigenvalue weighted by atomic mass is 10.2. The number of aromatic nitrogens is 1. The van der Waals surface area contributed by atoms with Crippen LogP contribution >= 0.6 is 15.9 Å². The molecule has 1 aliphatic heterocycles. The summed E-state index contributed by atoms with van der Waals surface area (Å²) >= 11 is 3.43. The molecule has 0 aliphatic carbocycles. The van der Waals surface area contributed by atoms with E-state index in [0.29, 0.717) is 0 Å². The summed E-state index contributed by atoms with van der Waals surface area (Å²) in [5, 5.41) is 4.70. The van der Waals surface area contributed by atoms with Gasteiger partial charge in [0, 0.05) is 21.5 Å². The molecule has 1 saturated heterocycles. The Kier molecular flexibility index (Phi) is 3.62. The highest BCUT2D eigenvalue weighted by molar-refractivity contribution is 9.10. The second-order valence-electron chi connectivity index (χ2n) is 5.10. The molecule has 2 aromatic rings. The van der Waals surface area contributed by atoms with Gasteiger partial charge in [-0.15, -0.1) is 0 Å². The van der Waals surface area contributed by atoms with Gasteiger partial charge in [-0.1, -0.05) is 15.9 Å². The monoisotopic (exact) mass is 359 g/mol. The van der Waals surface area contributed by atoms with E-state index in [1.807, 2.05) is 44.2 Å². The molecule has 1 aliphatic rings. The molecule has 5 nitrogen and oxygen atoms in total. The van der Waals surface area contributed by atoms with Crippen LogP contribution in [0.4, 0.5) is 4.79 Å². The summed E-state index contributed by atoms with van der Waals surface area (Å²) in [6.45, 7) is 3.99. The number of amides is 3. The van der Waals surface area contributed by atoms with E-state index < -0.39 is 11.9 Å². The second kappa shape index (κ2) is 5.46. The first kappa shape index (κ1) is 14.6. The maximum atomic E-state index is 11.6. The number of aryl methyl sites for hydroxylation is 1. The number of carbonyl (C=O) groups excluding carboxylic acids is 2. The van der Waals surface area contributed by atoms with Crippen LogP contribution in [0.25, 0.3) is 11.8 Å². The predicted octanol–water partition coefficient (Wildman–Crippen LogP) is 3.04. The number of hydrogen-bond donors (Lipinski definition) is 2. The summed E-state index contributed by atoms with van der Waals surface area (Å²) in [4.78, 5) is 22.8. The molecule has 1 fully saturated rings. The zero-order chi connectivity index (χ0) is 15.9. The average Bonchev–Trinajstić information content (AvgIpc) is 2.92. The number of urea groups is 1. The smallest absolute Gasteiger partial charge is 0.318 e. The topological polar surface area (TPSA) is 63.1 Å². The molecule has 2 N–H and O–H groups in total. The van der Waals surface area contributed by atoms with Crippen molar-refractivity contribution in [3.63, 3.8) is 0 Å². The minimum Gasteiger partial charge on any atom is -0.318 e. The van der Waals surface area contributed by atoms with Crippen molar-refractivity contribution >= 4 is 33.9 Å². The molecule has 1 aromatic heterocycles. The van der Waals surface area contributed by atoms with Crippen LogP contribution < -0.4 is 10.6 Å². The molecule has 0 spiro atoms. The molecule has 2 heterocycles. The molecule has 0 unspecified atom stereocenters. The van der Waals surface area contributed by atoms with Crippen LogP contribution in [0.1, 0.15) is 17.0 Å². The Morgan fingerprint density at radius 2 is 1.77 bits per heavy atom. The molecule has 112 valence electrons.